The van der Waals surface area contributed by atoms with Crippen molar-refractivity contribution >= 4 is 23.5 Å². The van der Waals surface area contributed by atoms with Crippen molar-refractivity contribution in [1.29, 1.82) is 0 Å². The Morgan fingerprint density at radius 2 is 1.62 bits per heavy atom. The Labute approximate surface area is 171 Å². The Morgan fingerprint density at radius 3 is 2.34 bits per heavy atom. The third-order valence-corrected chi connectivity index (χ3v) is 6.04. The van der Waals surface area contributed by atoms with Gasteiger partial charge in [0.1, 0.15) is 6.20 Å². The molecule has 8 heteroatoms. The molecule has 2 bridgehead atoms. The van der Waals surface area contributed by atoms with E-state index in [4.69, 9.17) is 9.97 Å². The van der Waals surface area contributed by atoms with Gasteiger partial charge in [-0.2, -0.15) is 15.0 Å². The smallest absolute Gasteiger partial charge is 0.248 e. The van der Waals surface area contributed by atoms with Crippen LogP contribution in [0.1, 0.15) is 32.1 Å². The highest BCUT2D eigenvalue weighted by atomic mass is 15.4. The van der Waals surface area contributed by atoms with E-state index < -0.39 is 0 Å². The van der Waals surface area contributed by atoms with E-state index in [9.17, 15) is 0 Å². The van der Waals surface area contributed by atoms with Gasteiger partial charge in [-0.05, 0) is 31.4 Å². The summed E-state index contributed by atoms with van der Waals surface area (Å²) < 4.78 is 0. The lowest BCUT2D eigenvalue weighted by atomic mass is 9.90. The maximum absolute atomic E-state index is 4.70. The van der Waals surface area contributed by atoms with Crippen LogP contribution >= 0.6 is 0 Å². The summed E-state index contributed by atoms with van der Waals surface area (Å²) in [5, 5.41) is 3.31. The lowest BCUT2D eigenvalue weighted by molar-refractivity contribution is -0.859. The van der Waals surface area contributed by atoms with Gasteiger partial charge in [-0.3, -0.25) is 10.9 Å². The first kappa shape index (κ1) is 18.2. The van der Waals surface area contributed by atoms with E-state index in [-0.39, 0.29) is 0 Å². The number of benzene rings is 1. The first-order chi connectivity index (χ1) is 14.3. The van der Waals surface area contributed by atoms with Crippen LogP contribution in [0.5, 0.6) is 0 Å². The van der Waals surface area contributed by atoms with Crippen LogP contribution in [0.4, 0.5) is 23.5 Å². The number of para-hydroxylation sites is 1. The van der Waals surface area contributed by atoms with E-state index in [2.05, 4.69) is 32.3 Å². The van der Waals surface area contributed by atoms with Crippen LogP contribution in [0.2, 0.25) is 0 Å². The molecule has 4 N–H and O–H groups in total. The topological polar surface area (TPSA) is 82.4 Å². The molecule has 1 aromatic carbocycles. The molecule has 29 heavy (non-hydrogen) atoms. The molecule has 2 fully saturated rings. The predicted octanol–water partition coefficient (Wildman–Crippen LogP) is 1.67. The molecule has 2 aromatic rings. The second kappa shape index (κ2) is 8.24. The van der Waals surface area contributed by atoms with Crippen LogP contribution in [-0.4, -0.2) is 41.1 Å². The quantitative estimate of drug-likeness (QED) is 0.556. The number of hydrogen-bond acceptors (Lipinski definition) is 7. The summed E-state index contributed by atoms with van der Waals surface area (Å²) in [6.07, 6.45) is 8.43. The lowest BCUT2D eigenvalue weighted by Crippen LogP contribution is -3.10. The second-order valence-electron chi connectivity index (χ2n) is 8.10. The molecule has 5 heterocycles. The van der Waals surface area contributed by atoms with Crippen LogP contribution in [0.25, 0.3) is 0 Å². The number of nitrogens with one attached hydrogen (secondary N) is 4. The number of fused-ring (bicyclic) bond motifs is 2. The van der Waals surface area contributed by atoms with Gasteiger partial charge >= 0.3 is 0 Å². The fourth-order valence-electron chi connectivity index (χ4n) is 4.41. The van der Waals surface area contributed by atoms with Crippen molar-refractivity contribution in [3.63, 3.8) is 0 Å². The lowest BCUT2D eigenvalue weighted by Gasteiger charge is -2.34. The molecular formula is C21H29N8+. The molecule has 0 aliphatic carbocycles. The minimum absolute atomic E-state index is 0.548. The van der Waals surface area contributed by atoms with Gasteiger partial charge in [0.05, 0.1) is 18.8 Å². The zero-order chi connectivity index (χ0) is 19.5. The molecular weight excluding hydrogens is 364 g/mol. The fraction of sp³-hybridized carbons (Fsp3) is 0.476. The molecule has 0 spiro atoms. The number of anilines is 4. The first-order valence-electron chi connectivity index (χ1n) is 10.7. The standard InChI is InChI=1S/C21H28N8/c1-3-7-17(8-4-1)22-19-23-20(25-21(24-19)29-11-5-2-6-12-29)27-26-18-15-28-13-9-16(18)10-14-28/h1,3-4,7-8,15-16,26H,2,5-6,9-14H2,(H2,22,23,24,25,27)/p+1. The average Bonchev–Trinajstić information content (AvgIpc) is 2.80. The Balaban J connectivity index is 1.36. The highest BCUT2D eigenvalue weighted by Gasteiger charge is 2.31. The van der Waals surface area contributed by atoms with Crippen molar-refractivity contribution in [1.82, 2.24) is 20.4 Å². The molecule has 0 unspecified atom stereocenters. The summed E-state index contributed by atoms with van der Waals surface area (Å²) in [5.74, 6) is 2.46. The minimum Gasteiger partial charge on any atom is -0.341 e. The Bertz CT molecular complexity index is 854. The highest BCUT2D eigenvalue weighted by molar-refractivity contribution is 5.55. The van der Waals surface area contributed by atoms with E-state index >= 15 is 0 Å². The van der Waals surface area contributed by atoms with Gasteiger partial charge in [0.15, 0.2) is 0 Å². The number of nitrogens with zero attached hydrogens (tertiary/aromatic N) is 4. The normalized spacial score (nSPS) is 23.4. The van der Waals surface area contributed by atoms with E-state index in [1.165, 1.54) is 50.9 Å². The molecule has 6 rings (SSSR count). The van der Waals surface area contributed by atoms with Crippen molar-refractivity contribution in [3.05, 3.63) is 42.2 Å². The van der Waals surface area contributed by atoms with E-state index in [1.54, 1.807) is 4.90 Å². The largest absolute Gasteiger partial charge is 0.341 e. The molecule has 152 valence electrons. The summed E-state index contributed by atoms with van der Waals surface area (Å²) >= 11 is 0. The van der Waals surface area contributed by atoms with Crippen molar-refractivity contribution in [2.75, 3.05) is 41.8 Å². The monoisotopic (exact) mass is 393 g/mol. The molecule has 4 aliphatic rings. The molecule has 0 atom stereocenters. The van der Waals surface area contributed by atoms with Crippen molar-refractivity contribution in [3.8, 4) is 0 Å². The molecule has 0 amide bonds. The summed E-state index contributed by atoms with van der Waals surface area (Å²) in [6.45, 7) is 4.47. The third-order valence-electron chi connectivity index (χ3n) is 6.04. The van der Waals surface area contributed by atoms with Gasteiger partial charge in [-0.1, -0.05) is 18.2 Å². The molecule has 0 saturated carbocycles. The van der Waals surface area contributed by atoms with Gasteiger partial charge in [0.2, 0.25) is 17.8 Å². The number of aromatic nitrogens is 3. The predicted molar refractivity (Wildman–Crippen MR) is 114 cm³/mol. The summed E-state index contributed by atoms with van der Waals surface area (Å²) in [7, 11) is 0. The van der Waals surface area contributed by atoms with Crippen LogP contribution < -0.4 is 26.0 Å². The maximum Gasteiger partial charge on any atom is 0.248 e. The molecule has 1 aromatic heterocycles. The van der Waals surface area contributed by atoms with Crippen molar-refractivity contribution < 1.29 is 4.90 Å². The number of rotatable bonds is 6. The SMILES string of the molecule is C1=C(NNc2nc(Nc3ccccc3)nc(N3CCCCC3)n2)C2CC[NH+]1CC2. The first-order valence-corrected chi connectivity index (χ1v) is 10.7. The zero-order valence-corrected chi connectivity index (χ0v) is 16.7. The van der Waals surface area contributed by atoms with Gasteiger partial charge in [-0.15, -0.1) is 0 Å². The summed E-state index contributed by atoms with van der Waals surface area (Å²) in [6, 6.07) is 10.0. The van der Waals surface area contributed by atoms with Crippen molar-refractivity contribution in [2.24, 2.45) is 5.92 Å². The number of quaternary nitrogens is 1. The van der Waals surface area contributed by atoms with Crippen LogP contribution in [0.15, 0.2) is 42.2 Å². The Hall–Kier alpha value is -2.87. The van der Waals surface area contributed by atoms with E-state index in [0.717, 1.165) is 24.7 Å². The van der Waals surface area contributed by atoms with Crippen molar-refractivity contribution in [2.45, 2.75) is 32.1 Å². The number of hydrogen-bond donors (Lipinski definition) is 4. The zero-order valence-electron chi connectivity index (χ0n) is 16.7. The molecule has 4 aliphatic heterocycles. The number of piperidine rings is 2. The van der Waals surface area contributed by atoms with Gasteiger partial charge < -0.3 is 15.1 Å². The van der Waals surface area contributed by atoms with E-state index in [0.29, 0.717) is 17.8 Å². The Morgan fingerprint density at radius 1 is 0.862 bits per heavy atom. The third kappa shape index (κ3) is 4.27. The summed E-state index contributed by atoms with van der Waals surface area (Å²) in [5.41, 5.74) is 8.85. The molecule has 2 saturated heterocycles. The second-order valence-corrected chi connectivity index (χ2v) is 8.10. The molecule has 8 nitrogen and oxygen atoms in total. The fourth-order valence-corrected chi connectivity index (χ4v) is 4.41. The maximum atomic E-state index is 4.70. The molecule has 0 radical (unpaired) electrons. The summed E-state index contributed by atoms with van der Waals surface area (Å²) in [4.78, 5) is 17.8. The van der Waals surface area contributed by atoms with Crippen LogP contribution in [0, 0.1) is 5.92 Å². The van der Waals surface area contributed by atoms with Gasteiger partial charge in [-0.25, -0.2) is 0 Å². The van der Waals surface area contributed by atoms with E-state index in [1.807, 2.05) is 30.3 Å². The van der Waals surface area contributed by atoms with Crippen LogP contribution in [-0.2, 0) is 0 Å². The van der Waals surface area contributed by atoms with Crippen LogP contribution in [0.3, 0.4) is 0 Å². The van der Waals surface area contributed by atoms with Gasteiger partial charge in [0, 0.05) is 37.5 Å². The Kier molecular flexibility index (Phi) is 5.17. The highest BCUT2D eigenvalue weighted by Crippen LogP contribution is 2.22. The average molecular weight is 394 g/mol. The number of hydrazine groups is 1. The number of allylic oxidation sites excluding steroid dienone is 1. The minimum atomic E-state index is 0.548. The van der Waals surface area contributed by atoms with Gasteiger partial charge in [0.25, 0.3) is 0 Å².